The van der Waals surface area contributed by atoms with E-state index in [0.717, 1.165) is 0 Å². The molecule has 0 saturated carbocycles. The predicted molar refractivity (Wildman–Crippen MR) is 399 cm³/mol. The number of halogens is 13. The summed E-state index contributed by atoms with van der Waals surface area (Å²) in [6.45, 7) is 0.242. The number of rotatable bonds is 14. The second kappa shape index (κ2) is 33.8. The highest BCUT2D eigenvalue weighted by Crippen LogP contribution is 2.32. The number of benzene rings is 6. The standard InChI is InChI=1S/2C24H14Cl2F2N6O.C15H8ClFN4O2.C9H8ClFN2.CH4.ClH/c2*25-15-5-14-3-12(4-18(27)23(14)31-8-15)10-34-11-16(20(6-29)33-34)24(35)32-7-13-1-2-19-21(22(13)28)17(26)9-30-19;16-10-3-9-1-8(2-12(17)14(9)19-5-10)6-21-7-11(15(22)23)13(4-18)20-21;10-6-4-13-7-2-1-5(3-12)9(11)8(6)7;;/h2*1-5,8-9,11,30H,7,10H2,(H,32,35);1-3,5,7H,6H2,(H,22,23);1-2,4,13H,3,12H2;1H4;1H. The van der Waals surface area contributed by atoms with E-state index in [9.17, 15) is 51.2 Å². The molecule has 0 atom stereocenters. The summed E-state index contributed by atoms with van der Waals surface area (Å²) in [6.07, 6.45) is 12.6. The summed E-state index contributed by atoms with van der Waals surface area (Å²) in [5, 5.41) is 58.6. The average molecular weight is 1600 g/mol. The number of nitrogens with one attached hydrogen (secondary N) is 5. The van der Waals surface area contributed by atoms with Gasteiger partial charge in [0.25, 0.3) is 11.8 Å². The zero-order valence-electron chi connectivity index (χ0n) is 54.2. The number of hydrogen-bond acceptors (Lipinski definition) is 13. The number of carboxylic acids is 1. The molecule has 546 valence electrons. The van der Waals surface area contributed by atoms with Gasteiger partial charge in [0.2, 0.25) is 0 Å². The number of nitrogens with zero attached hydrogens (tertiary/aromatic N) is 12. The van der Waals surface area contributed by atoms with Gasteiger partial charge in [-0.15, -0.1) is 12.4 Å². The summed E-state index contributed by atoms with van der Waals surface area (Å²) >= 11 is 35.6. The molecule has 0 saturated heterocycles. The Bertz CT molecular complexity index is 5930. The van der Waals surface area contributed by atoms with Crippen molar-refractivity contribution in [3.8, 4) is 18.2 Å². The molecule has 0 bridgehead atoms. The number of hydrogen-bond donors (Lipinski definition) is 7. The van der Waals surface area contributed by atoms with E-state index >= 15 is 0 Å². The average Bonchev–Trinajstić information content (AvgIpc) is 1.70. The Hall–Kier alpha value is -11.8. The molecule has 0 spiro atoms. The molecule has 0 aliphatic rings. The fourth-order valence-electron chi connectivity index (χ4n) is 11.3. The minimum absolute atomic E-state index is 0. The molecule has 9 aromatic heterocycles. The van der Waals surface area contributed by atoms with Crippen LogP contribution in [0.2, 0.25) is 30.1 Å². The molecule has 0 fully saturated rings. The lowest BCUT2D eigenvalue weighted by atomic mass is 10.1. The highest BCUT2D eigenvalue weighted by Gasteiger charge is 2.23. The molecule has 15 rings (SSSR count). The number of carbonyl (C=O) groups excluding carboxylic acids is 2. The van der Waals surface area contributed by atoms with Crippen LogP contribution in [0.15, 0.2) is 147 Å². The molecule has 108 heavy (non-hydrogen) atoms. The van der Waals surface area contributed by atoms with Crippen molar-refractivity contribution < 1.29 is 45.8 Å². The number of aromatic nitrogens is 12. The molecule has 0 aliphatic heterocycles. The summed E-state index contributed by atoms with van der Waals surface area (Å²) in [5.74, 6) is -5.43. The lowest BCUT2D eigenvalue weighted by molar-refractivity contribution is 0.0695. The normalized spacial score (nSPS) is 10.8. The molecular formula is C73H49Cl7F6N18O4. The lowest BCUT2D eigenvalue weighted by Gasteiger charge is -2.07. The van der Waals surface area contributed by atoms with Crippen molar-refractivity contribution >= 4 is 165 Å². The van der Waals surface area contributed by atoms with Gasteiger partial charge in [-0.2, -0.15) is 31.1 Å². The Morgan fingerprint density at radius 2 is 0.778 bits per heavy atom. The smallest absolute Gasteiger partial charge is 0.340 e. The van der Waals surface area contributed by atoms with Crippen molar-refractivity contribution in [2.75, 3.05) is 0 Å². The maximum absolute atomic E-state index is 14.8. The first-order valence-electron chi connectivity index (χ1n) is 30.8. The van der Waals surface area contributed by atoms with Gasteiger partial charge in [0.1, 0.15) is 75.2 Å². The summed E-state index contributed by atoms with van der Waals surface area (Å²) < 4.78 is 90.2. The fourth-order valence-corrected chi connectivity index (χ4v) is 12.5. The van der Waals surface area contributed by atoms with Crippen LogP contribution in [0, 0.1) is 68.9 Å². The molecule has 8 N–H and O–H groups in total. The number of aromatic amines is 3. The highest BCUT2D eigenvalue weighted by atomic mass is 35.5. The number of H-pyrrole nitrogens is 3. The maximum atomic E-state index is 14.8. The van der Waals surface area contributed by atoms with E-state index in [4.69, 9.17) is 85.7 Å². The Morgan fingerprint density at radius 1 is 0.472 bits per heavy atom. The summed E-state index contributed by atoms with van der Waals surface area (Å²) in [6, 6.07) is 29.1. The van der Waals surface area contributed by atoms with Gasteiger partial charge in [0.15, 0.2) is 17.1 Å². The van der Waals surface area contributed by atoms with Crippen molar-refractivity contribution in [3.05, 3.63) is 279 Å². The quantitative estimate of drug-likeness (QED) is 0.0498. The first-order chi connectivity index (χ1) is 50.9. The largest absolute Gasteiger partial charge is 0.478 e. The van der Waals surface area contributed by atoms with E-state index in [0.29, 0.717) is 80.4 Å². The van der Waals surface area contributed by atoms with Crippen LogP contribution in [-0.4, -0.2) is 82.1 Å². The molecule has 9 heterocycles. The van der Waals surface area contributed by atoms with Crippen molar-refractivity contribution in [3.63, 3.8) is 0 Å². The molecule has 0 aliphatic carbocycles. The van der Waals surface area contributed by atoms with Gasteiger partial charge < -0.3 is 36.4 Å². The van der Waals surface area contributed by atoms with Crippen molar-refractivity contribution in [1.29, 1.82) is 15.8 Å². The van der Waals surface area contributed by atoms with Crippen LogP contribution in [0.4, 0.5) is 26.3 Å². The van der Waals surface area contributed by atoms with Crippen molar-refractivity contribution in [2.45, 2.75) is 46.7 Å². The first kappa shape index (κ1) is 78.8. The van der Waals surface area contributed by atoms with Crippen LogP contribution in [0.5, 0.6) is 0 Å². The number of carbonyl (C=O) groups is 3. The number of pyridine rings is 3. The van der Waals surface area contributed by atoms with Crippen LogP contribution in [-0.2, 0) is 39.3 Å². The predicted octanol–water partition coefficient (Wildman–Crippen LogP) is 17.0. The molecule has 0 unspecified atom stereocenters. The Balaban J connectivity index is 0.000000161. The third-order valence-electron chi connectivity index (χ3n) is 16.2. The third kappa shape index (κ3) is 17.0. The number of carboxylic acid groups (broad SMARTS) is 1. The van der Waals surface area contributed by atoms with E-state index in [1.54, 1.807) is 72.9 Å². The second-order valence-corrected chi connectivity index (χ2v) is 25.7. The van der Waals surface area contributed by atoms with Crippen LogP contribution < -0.4 is 16.4 Å². The van der Waals surface area contributed by atoms with Gasteiger partial charge in [-0.1, -0.05) is 95.2 Å². The molecule has 0 radical (unpaired) electrons. The minimum Gasteiger partial charge on any atom is -0.478 e. The summed E-state index contributed by atoms with van der Waals surface area (Å²) in [7, 11) is 0. The Labute approximate surface area is 642 Å². The minimum atomic E-state index is -1.24. The molecule has 6 aromatic carbocycles. The number of nitriles is 3. The molecular weight excluding hydrogens is 1560 g/mol. The zero-order valence-corrected chi connectivity index (χ0v) is 59.5. The topological polar surface area (TPSA) is 332 Å². The Kier molecular flexibility index (Phi) is 24.7. The van der Waals surface area contributed by atoms with Gasteiger partial charge in [-0.05, 0) is 89.5 Å². The van der Waals surface area contributed by atoms with E-state index < -0.39 is 46.9 Å². The fraction of sp³-hybridized carbons (Fsp3) is 0.0959. The molecule has 15 aromatic rings. The summed E-state index contributed by atoms with van der Waals surface area (Å²) in [4.78, 5) is 57.1. The van der Waals surface area contributed by atoms with Gasteiger partial charge in [-0.3, -0.25) is 38.6 Å². The number of amides is 2. The zero-order chi connectivity index (χ0) is 75.4. The molecule has 35 heteroatoms. The number of aromatic carboxylic acids is 1. The van der Waals surface area contributed by atoms with Crippen LogP contribution in [0.3, 0.4) is 0 Å². The van der Waals surface area contributed by atoms with Gasteiger partial charge >= 0.3 is 5.97 Å². The SMILES string of the molecule is C.Cl.N#Cc1nn(Cc2cc(F)c3ncc(Cl)cc3c2)cc1C(=O)NCc1ccc2[nH]cc(Cl)c2c1F.N#Cc1nn(Cc2cc(F)c3ncc(Cl)cc3c2)cc1C(=O)NCc1ccc2[nH]cc(Cl)c2c1F.N#Cc1nn(Cc2cc(F)c3ncc(Cl)cc3c2)cc1C(=O)O.NCc1ccc2[nH]cc(Cl)c2c1F. The van der Waals surface area contributed by atoms with E-state index in [-0.39, 0.29) is 147 Å². The van der Waals surface area contributed by atoms with E-state index in [1.807, 2.05) is 12.1 Å². The first-order valence-corrected chi connectivity index (χ1v) is 33.1. The monoisotopic (exact) mass is 1600 g/mol. The number of fused-ring (bicyclic) bond motifs is 6. The number of nitrogens with two attached hydrogens (primary N) is 1. The van der Waals surface area contributed by atoms with Crippen LogP contribution in [0.25, 0.3) is 65.4 Å². The second-order valence-electron chi connectivity index (χ2n) is 23.2. The summed E-state index contributed by atoms with van der Waals surface area (Å²) in [5.41, 5.74) is 9.69. The van der Waals surface area contributed by atoms with E-state index in [2.05, 4.69) is 55.8 Å². The molecule has 2 amide bonds. The Morgan fingerprint density at radius 3 is 1.08 bits per heavy atom. The van der Waals surface area contributed by atoms with Crippen molar-refractivity contribution in [1.82, 2.24) is 69.9 Å². The van der Waals surface area contributed by atoms with Gasteiger partial charge in [-0.25, -0.2) is 31.1 Å². The van der Waals surface area contributed by atoms with E-state index in [1.165, 1.54) is 94.0 Å². The van der Waals surface area contributed by atoms with Gasteiger partial charge in [0, 0.05) is 125 Å². The lowest BCUT2D eigenvalue weighted by Crippen LogP contribution is -2.23. The third-order valence-corrected chi connectivity index (χ3v) is 17.7. The van der Waals surface area contributed by atoms with Gasteiger partial charge in [0.05, 0.1) is 77.1 Å². The van der Waals surface area contributed by atoms with Crippen LogP contribution in [0.1, 0.15) is 89.0 Å². The highest BCUT2D eigenvalue weighted by molar-refractivity contribution is 6.36. The van der Waals surface area contributed by atoms with Crippen molar-refractivity contribution in [2.24, 2.45) is 5.73 Å². The maximum Gasteiger partial charge on any atom is 0.340 e. The van der Waals surface area contributed by atoms with Crippen LogP contribution >= 0.6 is 82.0 Å². The molecule has 22 nitrogen and oxygen atoms in total.